The molecular weight excluding hydrogens is 276 g/mol. The van der Waals surface area contributed by atoms with Crippen molar-refractivity contribution < 1.29 is 9.47 Å². The average Bonchev–Trinajstić information content (AvgIpc) is 2.54. The van der Waals surface area contributed by atoms with Crippen LogP contribution in [0, 0.1) is 0 Å². The minimum Gasteiger partial charge on any atom is -0.458 e. The molecule has 4 heteroatoms. The molecule has 1 unspecified atom stereocenters. The van der Waals surface area contributed by atoms with Gasteiger partial charge in [0.1, 0.15) is 23.0 Å². The Morgan fingerprint density at radius 3 is 1.91 bits per heavy atom. The SMILES string of the molecule is Nc1ccc(Oc2ccc(OC3=CCC(N)C=C3)cc2)cc1. The van der Waals surface area contributed by atoms with E-state index in [1.807, 2.05) is 54.6 Å². The Bertz CT molecular complexity index is 688. The molecule has 2 aromatic rings. The van der Waals surface area contributed by atoms with Crippen molar-refractivity contribution >= 4 is 5.69 Å². The molecule has 4 nitrogen and oxygen atoms in total. The normalized spacial score (nSPS) is 17.0. The molecule has 3 rings (SSSR count). The molecule has 1 aliphatic carbocycles. The van der Waals surface area contributed by atoms with Gasteiger partial charge in [0.15, 0.2) is 0 Å². The van der Waals surface area contributed by atoms with Crippen LogP contribution in [-0.4, -0.2) is 6.04 Å². The largest absolute Gasteiger partial charge is 0.458 e. The molecule has 0 amide bonds. The molecule has 0 saturated heterocycles. The number of anilines is 1. The van der Waals surface area contributed by atoms with E-state index >= 15 is 0 Å². The topological polar surface area (TPSA) is 70.5 Å². The highest BCUT2D eigenvalue weighted by atomic mass is 16.5. The van der Waals surface area contributed by atoms with Crippen molar-refractivity contribution in [3.63, 3.8) is 0 Å². The van der Waals surface area contributed by atoms with Gasteiger partial charge in [0.2, 0.25) is 0 Å². The highest BCUT2D eigenvalue weighted by molar-refractivity contribution is 5.43. The molecule has 0 aromatic heterocycles. The first-order valence-electron chi connectivity index (χ1n) is 7.14. The molecule has 0 bridgehead atoms. The van der Waals surface area contributed by atoms with Crippen LogP contribution in [0.5, 0.6) is 17.2 Å². The van der Waals surface area contributed by atoms with Gasteiger partial charge in [-0.05, 0) is 67.1 Å². The van der Waals surface area contributed by atoms with E-state index in [0.29, 0.717) is 5.69 Å². The molecule has 0 aliphatic heterocycles. The Kier molecular flexibility index (Phi) is 4.12. The molecule has 0 fully saturated rings. The zero-order valence-electron chi connectivity index (χ0n) is 12.1. The maximum Gasteiger partial charge on any atom is 0.127 e. The third-order valence-corrected chi connectivity index (χ3v) is 3.27. The van der Waals surface area contributed by atoms with Crippen LogP contribution in [0.25, 0.3) is 0 Å². The molecule has 0 spiro atoms. The Morgan fingerprint density at radius 1 is 0.818 bits per heavy atom. The molecule has 4 N–H and O–H groups in total. The predicted octanol–water partition coefficient (Wildman–Crippen LogP) is 3.61. The maximum atomic E-state index is 5.78. The van der Waals surface area contributed by atoms with Gasteiger partial charge in [-0.25, -0.2) is 0 Å². The molecule has 0 saturated carbocycles. The summed E-state index contributed by atoms with van der Waals surface area (Å²) in [4.78, 5) is 0. The minimum atomic E-state index is 0.0861. The van der Waals surface area contributed by atoms with Gasteiger partial charge >= 0.3 is 0 Å². The second-order valence-electron chi connectivity index (χ2n) is 5.11. The fraction of sp³-hybridized carbons (Fsp3) is 0.111. The minimum absolute atomic E-state index is 0.0861. The van der Waals surface area contributed by atoms with E-state index in [9.17, 15) is 0 Å². The van der Waals surface area contributed by atoms with Crippen molar-refractivity contribution in [3.05, 3.63) is 72.5 Å². The Balaban J connectivity index is 1.63. The van der Waals surface area contributed by atoms with Gasteiger partial charge in [0, 0.05) is 11.7 Å². The molecule has 112 valence electrons. The Morgan fingerprint density at radius 2 is 1.36 bits per heavy atom. The molecule has 2 aromatic carbocycles. The summed E-state index contributed by atoms with van der Waals surface area (Å²) in [7, 11) is 0. The smallest absolute Gasteiger partial charge is 0.127 e. The number of hydrogen-bond acceptors (Lipinski definition) is 4. The fourth-order valence-corrected chi connectivity index (χ4v) is 2.08. The number of rotatable bonds is 4. The van der Waals surface area contributed by atoms with Crippen molar-refractivity contribution in [2.75, 3.05) is 5.73 Å². The van der Waals surface area contributed by atoms with E-state index in [2.05, 4.69) is 0 Å². The van der Waals surface area contributed by atoms with Gasteiger partial charge in [-0.3, -0.25) is 0 Å². The summed E-state index contributed by atoms with van der Waals surface area (Å²) in [5, 5.41) is 0. The number of hydrogen-bond donors (Lipinski definition) is 2. The third kappa shape index (κ3) is 3.68. The summed E-state index contributed by atoms with van der Waals surface area (Å²) in [6.45, 7) is 0. The monoisotopic (exact) mass is 294 g/mol. The van der Waals surface area contributed by atoms with Gasteiger partial charge in [-0.2, -0.15) is 0 Å². The lowest BCUT2D eigenvalue weighted by Gasteiger charge is -2.13. The first-order chi connectivity index (χ1) is 10.7. The summed E-state index contributed by atoms with van der Waals surface area (Å²) >= 11 is 0. The zero-order valence-corrected chi connectivity index (χ0v) is 12.1. The molecule has 1 aliphatic rings. The molecule has 1 atom stereocenters. The van der Waals surface area contributed by atoms with Crippen LogP contribution in [0.1, 0.15) is 6.42 Å². The molecule has 22 heavy (non-hydrogen) atoms. The van der Waals surface area contributed by atoms with Crippen LogP contribution in [0.4, 0.5) is 5.69 Å². The molecular formula is C18H18N2O2. The van der Waals surface area contributed by atoms with Crippen molar-refractivity contribution in [2.24, 2.45) is 5.73 Å². The second-order valence-corrected chi connectivity index (χ2v) is 5.11. The van der Waals surface area contributed by atoms with Gasteiger partial charge in [-0.15, -0.1) is 0 Å². The van der Waals surface area contributed by atoms with E-state index < -0.39 is 0 Å². The quantitative estimate of drug-likeness (QED) is 0.845. The lowest BCUT2D eigenvalue weighted by atomic mass is 10.1. The highest BCUT2D eigenvalue weighted by Gasteiger charge is 2.06. The van der Waals surface area contributed by atoms with Crippen molar-refractivity contribution in [3.8, 4) is 17.2 Å². The summed E-state index contributed by atoms with van der Waals surface area (Å²) in [5.74, 6) is 3.06. The highest BCUT2D eigenvalue weighted by Crippen LogP contribution is 2.25. The maximum absolute atomic E-state index is 5.78. The van der Waals surface area contributed by atoms with Crippen molar-refractivity contribution in [1.82, 2.24) is 0 Å². The van der Waals surface area contributed by atoms with Crippen LogP contribution in [0.15, 0.2) is 72.5 Å². The first kappa shape index (κ1) is 14.2. The van der Waals surface area contributed by atoms with E-state index in [4.69, 9.17) is 20.9 Å². The first-order valence-corrected chi connectivity index (χ1v) is 7.14. The van der Waals surface area contributed by atoms with Crippen LogP contribution < -0.4 is 20.9 Å². The molecule has 0 radical (unpaired) electrons. The predicted molar refractivity (Wildman–Crippen MR) is 87.8 cm³/mol. The van der Waals surface area contributed by atoms with E-state index in [-0.39, 0.29) is 6.04 Å². The zero-order chi connectivity index (χ0) is 15.4. The van der Waals surface area contributed by atoms with Crippen LogP contribution >= 0.6 is 0 Å². The average molecular weight is 294 g/mol. The van der Waals surface area contributed by atoms with Crippen LogP contribution in [0.3, 0.4) is 0 Å². The number of ether oxygens (including phenoxy) is 2. The van der Waals surface area contributed by atoms with E-state index in [1.165, 1.54) is 0 Å². The number of allylic oxidation sites excluding steroid dienone is 1. The number of nitrogen functional groups attached to an aromatic ring is 1. The molecule has 0 heterocycles. The lowest BCUT2D eigenvalue weighted by Crippen LogP contribution is -2.18. The van der Waals surface area contributed by atoms with Crippen LogP contribution in [-0.2, 0) is 0 Å². The standard InChI is InChI=1S/C18H18N2O2/c19-13-1-5-15(6-2-13)21-17-9-11-18(12-10-17)22-16-7-3-14(20)4-8-16/h1-3,5-12,14H,4,19-20H2. The van der Waals surface area contributed by atoms with Gasteiger partial charge in [-0.1, -0.05) is 6.08 Å². The van der Waals surface area contributed by atoms with E-state index in [1.54, 1.807) is 12.1 Å². The summed E-state index contributed by atoms with van der Waals surface area (Å²) < 4.78 is 11.5. The summed E-state index contributed by atoms with van der Waals surface area (Å²) in [5.41, 5.74) is 12.1. The van der Waals surface area contributed by atoms with Gasteiger partial charge in [0.25, 0.3) is 0 Å². The Hall–Kier alpha value is -2.72. The Labute approximate surface area is 129 Å². The van der Waals surface area contributed by atoms with Gasteiger partial charge in [0.05, 0.1) is 0 Å². The summed E-state index contributed by atoms with van der Waals surface area (Å²) in [6, 6.07) is 14.8. The lowest BCUT2D eigenvalue weighted by molar-refractivity contribution is 0.434. The van der Waals surface area contributed by atoms with E-state index in [0.717, 1.165) is 29.4 Å². The van der Waals surface area contributed by atoms with Crippen molar-refractivity contribution in [2.45, 2.75) is 12.5 Å². The van der Waals surface area contributed by atoms with Gasteiger partial charge < -0.3 is 20.9 Å². The summed E-state index contributed by atoms with van der Waals surface area (Å²) in [6.07, 6.45) is 6.62. The number of nitrogens with two attached hydrogens (primary N) is 2. The van der Waals surface area contributed by atoms with Crippen molar-refractivity contribution in [1.29, 1.82) is 0 Å². The number of benzene rings is 2. The third-order valence-electron chi connectivity index (χ3n) is 3.27. The fourth-order valence-electron chi connectivity index (χ4n) is 2.08. The second kappa shape index (κ2) is 6.37. The van der Waals surface area contributed by atoms with Crippen LogP contribution in [0.2, 0.25) is 0 Å².